The monoisotopic (exact) mass is 277 g/mol. The second kappa shape index (κ2) is 5.94. The zero-order valence-electron chi connectivity index (χ0n) is 11.2. The third kappa shape index (κ3) is 2.61. The van der Waals surface area contributed by atoms with Gasteiger partial charge in [-0.05, 0) is 29.8 Å². The summed E-state index contributed by atoms with van der Waals surface area (Å²) in [6, 6.07) is 3.26. The zero-order chi connectivity index (χ0) is 14.6. The van der Waals surface area contributed by atoms with Crippen LogP contribution in [0.1, 0.15) is 12.0 Å². The molecule has 1 aliphatic rings. The summed E-state index contributed by atoms with van der Waals surface area (Å²) in [5, 5.41) is 0. The molecule has 2 heterocycles. The minimum Gasteiger partial charge on any atom is -0.469 e. The Morgan fingerprint density at radius 2 is 2.10 bits per heavy atom. The van der Waals surface area contributed by atoms with E-state index >= 15 is 0 Å². The molecule has 0 aliphatic carbocycles. The average Bonchev–Trinajstić information content (AvgIpc) is 2.50. The highest BCUT2D eigenvalue weighted by molar-refractivity contribution is 6.00. The van der Waals surface area contributed by atoms with E-state index in [4.69, 9.17) is 9.47 Å². The lowest BCUT2D eigenvalue weighted by Crippen LogP contribution is -2.45. The predicted octanol–water partition coefficient (Wildman–Crippen LogP) is 0.968. The van der Waals surface area contributed by atoms with Crippen molar-refractivity contribution in [1.29, 1.82) is 0 Å². The summed E-state index contributed by atoms with van der Waals surface area (Å²) < 4.78 is 15.5. The van der Waals surface area contributed by atoms with E-state index in [2.05, 4.69) is 9.72 Å². The first-order valence-corrected chi connectivity index (χ1v) is 6.03. The first kappa shape index (κ1) is 14.4. The van der Waals surface area contributed by atoms with E-state index in [0.717, 1.165) is 0 Å². The van der Waals surface area contributed by atoms with Gasteiger partial charge in [-0.3, -0.25) is 14.6 Å². The molecule has 0 saturated carbocycles. The maximum atomic E-state index is 12.3. The van der Waals surface area contributed by atoms with E-state index in [1.807, 2.05) is 0 Å². The summed E-state index contributed by atoms with van der Waals surface area (Å²) in [6.07, 6.45) is 5.00. The smallest absolute Gasteiger partial charge is 0.309 e. The van der Waals surface area contributed by atoms with Gasteiger partial charge in [-0.15, -0.1) is 0 Å². The molecule has 1 aromatic rings. The number of hydrogen-bond acceptors (Lipinski definition) is 6. The van der Waals surface area contributed by atoms with Gasteiger partial charge in [0, 0.05) is 19.5 Å². The Morgan fingerprint density at radius 3 is 2.70 bits per heavy atom. The zero-order valence-corrected chi connectivity index (χ0v) is 11.2. The number of hydrogen-bond donors (Lipinski definition) is 0. The molecule has 20 heavy (non-hydrogen) atoms. The molecule has 6 nitrogen and oxygen atoms in total. The topological polar surface area (TPSA) is 74.7 Å². The predicted molar refractivity (Wildman–Crippen MR) is 68.6 cm³/mol. The van der Waals surface area contributed by atoms with Crippen LogP contribution in [0.15, 0.2) is 36.7 Å². The second-order valence-electron chi connectivity index (χ2n) is 4.26. The van der Waals surface area contributed by atoms with Crippen LogP contribution in [-0.2, 0) is 29.4 Å². The Bertz CT molecular complexity index is 528. The summed E-state index contributed by atoms with van der Waals surface area (Å²) in [6.45, 7) is 0. The third-order valence-electron chi connectivity index (χ3n) is 3.12. The minimum absolute atomic E-state index is 0.226. The van der Waals surface area contributed by atoms with Gasteiger partial charge in [-0.1, -0.05) is 0 Å². The lowest BCUT2D eigenvalue weighted by molar-refractivity contribution is -0.197. The fraction of sp³-hybridized carbons (Fsp3) is 0.357. The molecule has 0 spiro atoms. The van der Waals surface area contributed by atoms with Gasteiger partial charge >= 0.3 is 5.97 Å². The number of carbonyl (C=O) groups excluding carboxylic acids is 2. The number of methoxy groups -OCH3 is 2. The summed E-state index contributed by atoms with van der Waals surface area (Å²) in [7, 11) is 2.72. The van der Waals surface area contributed by atoms with Crippen molar-refractivity contribution >= 4 is 11.8 Å². The largest absolute Gasteiger partial charge is 0.469 e. The Balaban J connectivity index is 2.46. The van der Waals surface area contributed by atoms with Crippen molar-refractivity contribution in [2.75, 3.05) is 14.2 Å². The first-order valence-electron chi connectivity index (χ1n) is 6.03. The Labute approximate surface area is 116 Å². The number of ether oxygens (including phenoxy) is 3. The van der Waals surface area contributed by atoms with Crippen LogP contribution in [-0.4, -0.2) is 37.2 Å². The standard InChI is InChI=1S/C14H15NO5/c1-18-12(17)9-14(10-5-7-15-8-6-10)11(16)3-4-13(19-2)20-14/h3-8,13H,9H2,1-2H3/t13-,14-/m1/s1. The highest BCUT2D eigenvalue weighted by atomic mass is 16.7. The summed E-state index contributed by atoms with van der Waals surface area (Å²) in [5.41, 5.74) is -0.903. The number of aromatic nitrogens is 1. The highest BCUT2D eigenvalue weighted by Crippen LogP contribution is 2.35. The molecule has 0 radical (unpaired) electrons. The molecule has 1 aromatic heterocycles. The van der Waals surface area contributed by atoms with E-state index in [1.54, 1.807) is 12.1 Å². The van der Waals surface area contributed by atoms with Crippen LogP contribution in [0.2, 0.25) is 0 Å². The van der Waals surface area contributed by atoms with Crippen LogP contribution in [0.25, 0.3) is 0 Å². The van der Waals surface area contributed by atoms with Crippen LogP contribution in [0.4, 0.5) is 0 Å². The fourth-order valence-electron chi connectivity index (χ4n) is 2.06. The highest BCUT2D eigenvalue weighted by Gasteiger charge is 2.46. The molecule has 0 unspecified atom stereocenters. The van der Waals surface area contributed by atoms with E-state index < -0.39 is 17.9 Å². The van der Waals surface area contributed by atoms with Gasteiger partial charge in [0.2, 0.25) is 0 Å². The summed E-state index contributed by atoms with van der Waals surface area (Å²) in [4.78, 5) is 27.9. The average molecular weight is 277 g/mol. The van der Waals surface area contributed by atoms with Crippen molar-refractivity contribution in [3.8, 4) is 0 Å². The lowest BCUT2D eigenvalue weighted by atomic mass is 9.85. The van der Waals surface area contributed by atoms with Gasteiger partial charge in [-0.2, -0.15) is 0 Å². The van der Waals surface area contributed by atoms with E-state index in [-0.39, 0.29) is 12.2 Å². The molecule has 0 amide bonds. The van der Waals surface area contributed by atoms with Gasteiger partial charge in [0.1, 0.15) is 0 Å². The van der Waals surface area contributed by atoms with Crippen molar-refractivity contribution in [2.24, 2.45) is 0 Å². The number of nitrogens with zero attached hydrogens (tertiary/aromatic N) is 1. The van der Waals surface area contributed by atoms with Crippen LogP contribution in [0.5, 0.6) is 0 Å². The van der Waals surface area contributed by atoms with Crippen LogP contribution >= 0.6 is 0 Å². The van der Waals surface area contributed by atoms with Gasteiger partial charge in [0.05, 0.1) is 13.5 Å². The maximum Gasteiger partial charge on any atom is 0.309 e. The number of ketones is 1. The van der Waals surface area contributed by atoms with Crippen molar-refractivity contribution in [2.45, 2.75) is 18.3 Å². The molecular weight excluding hydrogens is 262 g/mol. The molecule has 0 saturated heterocycles. The molecule has 0 fully saturated rings. The number of carbonyl (C=O) groups is 2. The van der Waals surface area contributed by atoms with Gasteiger partial charge < -0.3 is 14.2 Å². The van der Waals surface area contributed by atoms with Crippen molar-refractivity contribution in [1.82, 2.24) is 4.98 Å². The van der Waals surface area contributed by atoms with Crippen molar-refractivity contribution in [3.63, 3.8) is 0 Å². The van der Waals surface area contributed by atoms with Gasteiger partial charge in [0.25, 0.3) is 0 Å². The maximum absolute atomic E-state index is 12.3. The Morgan fingerprint density at radius 1 is 1.40 bits per heavy atom. The molecular formula is C14H15NO5. The normalized spacial score (nSPS) is 25.5. The first-order chi connectivity index (χ1) is 9.62. The molecule has 2 rings (SSSR count). The number of rotatable bonds is 4. The Hall–Kier alpha value is -2.05. The SMILES string of the molecule is COC(=O)C[C@]1(c2ccncc2)O[C@@H](OC)C=CC1=O. The molecule has 0 aromatic carbocycles. The van der Waals surface area contributed by atoms with Crippen LogP contribution in [0, 0.1) is 0 Å². The molecule has 106 valence electrons. The molecule has 2 atom stereocenters. The fourth-order valence-corrected chi connectivity index (χ4v) is 2.06. The molecule has 1 aliphatic heterocycles. The lowest BCUT2D eigenvalue weighted by Gasteiger charge is -2.35. The summed E-state index contributed by atoms with van der Waals surface area (Å²) >= 11 is 0. The quantitative estimate of drug-likeness (QED) is 0.763. The summed E-state index contributed by atoms with van der Waals surface area (Å²) in [5.74, 6) is -0.872. The molecule has 6 heteroatoms. The minimum atomic E-state index is -1.44. The van der Waals surface area contributed by atoms with Gasteiger partial charge in [-0.25, -0.2) is 0 Å². The van der Waals surface area contributed by atoms with Crippen LogP contribution in [0.3, 0.4) is 0 Å². The van der Waals surface area contributed by atoms with Crippen molar-refractivity contribution in [3.05, 3.63) is 42.2 Å². The third-order valence-corrected chi connectivity index (χ3v) is 3.12. The van der Waals surface area contributed by atoms with E-state index in [1.165, 1.54) is 38.8 Å². The van der Waals surface area contributed by atoms with Gasteiger partial charge in [0.15, 0.2) is 17.7 Å². The number of pyridine rings is 1. The van der Waals surface area contributed by atoms with E-state index in [0.29, 0.717) is 5.56 Å². The molecule has 0 bridgehead atoms. The van der Waals surface area contributed by atoms with Crippen molar-refractivity contribution < 1.29 is 23.8 Å². The Kier molecular flexibility index (Phi) is 4.26. The number of esters is 1. The molecule has 0 N–H and O–H groups in total. The van der Waals surface area contributed by atoms with Crippen LogP contribution < -0.4 is 0 Å². The second-order valence-corrected chi connectivity index (χ2v) is 4.26. The van der Waals surface area contributed by atoms with E-state index in [9.17, 15) is 9.59 Å².